The van der Waals surface area contributed by atoms with Crippen LogP contribution in [0.3, 0.4) is 0 Å². The third-order valence-corrected chi connectivity index (χ3v) is 4.32. The van der Waals surface area contributed by atoms with Gasteiger partial charge in [-0.1, -0.05) is 17.8 Å². The Balaban J connectivity index is 1.98. The standard InChI is InChI=1S/C18H21N5O4S/c1-4-27-17(26)13-8-20-18(23-16(13)19)28-9-15(25)22-14-7-12(21-11(3)24)6-5-10(14)2/h5-8H,4,9H2,1-3H3,(H,21,24)(H,22,25)(H2,19,20,23). The van der Waals surface area contributed by atoms with Crippen LogP contribution < -0.4 is 16.4 Å². The Morgan fingerprint density at radius 3 is 2.64 bits per heavy atom. The van der Waals surface area contributed by atoms with E-state index in [0.717, 1.165) is 17.3 Å². The molecule has 4 N–H and O–H groups in total. The topological polar surface area (TPSA) is 136 Å². The summed E-state index contributed by atoms with van der Waals surface area (Å²) in [7, 11) is 0. The second-order valence-corrected chi connectivity index (χ2v) is 6.66. The summed E-state index contributed by atoms with van der Waals surface area (Å²) in [6.07, 6.45) is 1.28. The van der Waals surface area contributed by atoms with Gasteiger partial charge in [0.2, 0.25) is 11.8 Å². The fourth-order valence-corrected chi connectivity index (χ4v) is 2.79. The molecule has 9 nitrogen and oxygen atoms in total. The van der Waals surface area contributed by atoms with Crippen molar-refractivity contribution in [3.8, 4) is 0 Å². The number of nitrogen functional groups attached to an aromatic ring is 1. The highest BCUT2D eigenvalue weighted by atomic mass is 32.2. The molecule has 0 aliphatic carbocycles. The Labute approximate surface area is 166 Å². The highest BCUT2D eigenvalue weighted by molar-refractivity contribution is 7.99. The molecule has 0 saturated carbocycles. The molecule has 0 atom stereocenters. The van der Waals surface area contributed by atoms with E-state index in [1.165, 1.54) is 13.1 Å². The van der Waals surface area contributed by atoms with E-state index in [4.69, 9.17) is 10.5 Å². The van der Waals surface area contributed by atoms with Gasteiger partial charge in [-0.25, -0.2) is 14.8 Å². The van der Waals surface area contributed by atoms with Crippen LogP contribution >= 0.6 is 11.8 Å². The van der Waals surface area contributed by atoms with E-state index in [1.807, 2.05) is 6.92 Å². The number of esters is 1. The number of nitrogens with zero attached hydrogens (tertiary/aromatic N) is 2. The average Bonchev–Trinajstić information content (AvgIpc) is 2.62. The van der Waals surface area contributed by atoms with Gasteiger partial charge in [-0.05, 0) is 31.5 Å². The molecule has 0 aliphatic heterocycles. The van der Waals surface area contributed by atoms with Crippen molar-refractivity contribution in [1.82, 2.24) is 9.97 Å². The zero-order chi connectivity index (χ0) is 20.7. The average molecular weight is 403 g/mol. The number of carbonyl (C=O) groups excluding carboxylic acids is 3. The van der Waals surface area contributed by atoms with E-state index >= 15 is 0 Å². The lowest BCUT2D eigenvalue weighted by Crippen LogP contribution is -2.16. The first kappa shape index (κ1) is 21.2. The van der Waals surface area contributed by atoms with Crippen molar-refractivity contribution >= 4 is 46.7 Å². The Kier molecular flexibility index (Phi) is 7.33. The van der Waals surface area contributed by atoms with Crippen molar-refractivity contribution in [2.45, 2.75) is 25.9 Å². The zero-order valence-electron chi connectivity index (χ0n) is 15.7. The number of nitrogens with two attached hydrogens (primary N) is 1. The number of thioether (sulfide) groups is 1. The van der Waals surface area contributed by atoms with Gasteiger partial charge in [0, 0.05) is 24.5 Å². The summed E-state index contributed by atoms with van der Waals surface area (Å²) in [5.74, 6) is -1.02. The Morgan fingerprint density at radius 1 is 1.25 bits per heavy atom. The molecule has 2 amide bonds. The van der Waals surface area contributed by atoms with Crippen LogP contribution in [0.4, 0.5) is 17.2 Å². The molecular formula is C18H21N5O4S. The number of benzene rings is 1. The summed E-state index contributed by atoms with van der Waals surface area (Å²) in [6.45, 7) is 5.16. The van der Waals surface area contributed by atoms with Gasteiger partial charge in [0.25, 0.3) is 0 Å². The number of amides is 2. The van der Waals surface area contributed by atoms with Gasteiger partial charge in [0.1, 0.15) is 11.4 Å². The van der Waals surface area contributed by atoms with E-state index in [2.05, 4.69) is 20.6 Å². The lowest BCUT2D eigenvalue weighted by molar-refractivity contribution is -0.114. The molecule has 0 fully saturated rings. The highest BCUT2D eigenvalue weighted by Crippen LogP contribution is 2.22. The van der Waals surface area contributed by atoms with Crippen LogP contribution in [0.2, 0.25) is 0 Å². The van der Waals surface area contributed by atoms with Gasteiger partial charge >= 0.3 is 5.97 Å². The van der Waals surface area contributed by atoms with Crippen molar-refractivity contribution in [3.63, 3.8) is 0 Å². The van der Waals surface area contributed by atoms with Crippen LogP contribution in [0.25, 0.3) is 0 Å². The third kappa shape index (κ3) is 5.95. The van der Waals surface area contributed by atoms with Crippen molar-refractivity contribution in [3.05, 3.63) is 35.5 Å². The molecule has 1 aromatic carbocycles. The lowest BCUT2D eigenvalue weighted by atomic mass is 10.2. The van der Waals surface area contributed by atoms with Crippen LogP contribution in [0.15, 0.2) is 29.6 Å². The van der Waals surface area contributed by atoms with Crippen molar-refractivity contribution in [2.75, 3.05) is 28.7 Å². The Bertz CT molecular complexity index is 904. The van der Waals surface area contributed by atoms with E-state index in [9.17, 15) is 14.4 Å². The normalized spacial score (nSPS) is 10.2. The number of anilines is 3. The summed E-state index contributed by atoms with van der Waals surface area (Å²) < 4.78 is 4.86. The molecule has 0 saturated heterocycles. The first-order chi connectivity index (χ1) is 13.3. The van der Waals surface area contributed by atoms with Crippen LogP contribution in [-0.2, 0) is 14.3 Å². The molecule has 1 heterocycles. The number of nitrogens with one attached hydrogen (secondary N) is 2. The molecule has 28 heavy (non-hydrogen) atoms. The van der Waals surface area contributed by atoms with Gasteiger partial charge in [-0.3, -0.25) is 9.59 Å². The van der Waals surface area contributed by atoms with Gasteiger partial charge in [-0.2, -0.15) is 0 Å². The van der Waals surface area contributed by atoms with Gasteiger partial charge in [0.05, 0.1) is 12.4 Å². The molecule has 10 heteroatoms. The number of rotatable bonds is 7. The SMILES string of the molecule is CCOC(=O)c1cnc(SCC(=O)Nc2cc(NC(C)=O)ccc2C)nc1N. The minimum Gasteiger partial charge on any atom is -0.462 e. The number of aryl methyl sites for hydroxylation is 1. The molecule has 0 spiro atoms. The molecule has 2 aromatic rings. The van der Waals surface area contributed by atoms with Crippen molar-refractivity contribution in [1.29, 1.82) is 0 Å². The molecule has 2 rings (SSSR count). The molecule has 0 aliphatic rings. The first-order valence-corrected chi connectivity index (χ1v) is 9.39. The van der Waals surface area contributed by atoms with E-state index in [-0.39, 0.29) is 40.7 Å². The number of carbonyl (C=O) groups is 3. The van der Waals surface area contributed by atoms with Gasteiger partial charge in [0.15, 0.2) is 5.16 Å². The monoisotopic (exact) mass is 403 g/mol. The van der Waals surface area contributed by atoms with Crippen molar-refractivity contribution in [2.24, 2.45) is 0 Å². The molecule has 1 aromatic heterocycles. The first-order valence-electron chi connectivity index (χ1n) is 8.40. The Morgan fingerprint density at radius 2 is 2.00 bits per heavy atom. The summed E-state index contributed by atoms with van der Waals surface area (Å²) in [5.41, 5.74) is 7.88. The quantitative estimate of drug-likeness (QED) is 0.364. The zero-order valence-corrected chi connectivity index (χ0v) is 16.6. The molecule has 0 unspecified atom stereocenters. The highest BCUT2D eigenvalue weighted by Gasteiger charge is 2.15. The van der Waals surface area contributed by atoms with Crippen LogP contribution in [-0.4, -0.2) is 40.1 Å². The van der Waals surface area contributed by atoms with Crippen LogP contribution in [0, 0.1) is 6.92 Å². The smallest absolute Gasteiger partial charge is 0.343 e. The molecular weight excluding hydrogens is 382 g/mol. The second kappa shape index (κ2) is 9.70. The lowest BCUT2D eigenvalue weighted by Gasteiger charge is -2.11. The summed E-state index contributed by atoms with van der Waals surface area (Å²) >= 11 is 1.08. The van der Waals surface area contributed by atoms with Gasteiger partial charge < -0.3 is 21.1 Å². The third-order valence-electron chi connectivity index (χ3n) is 3.46. The summed E-state index contributed by atoms with van der Waals surface area (Å²) in [4.78, 5) is 43.1. The number of aromatic nitrogens is 2. The number of hydrogen-bond acceptors (Lipinski definition) is 8. The van der Waals surface area contributed by atoms with E-state index in [1.54, 1.807) is 25.1 Å². The van der Waals surface area contributed by atoms with Crippen LogP contribution in [0.5, 0.6) is 0 Å². The maximum atomic E-state index is 12.2. The summed E-state index contributed by atoms with van der Waals surface area (Å²) in [6, 6.07) is 5.23. The van der Waals surface area contributed by atoms with Crippen LogP contribution in [0.1, 0.15) is 29.8 Å². The molecule has 148 valence electrons. The predicted octanol–water partition coefficient (Wildman–Crippen LogP) is 2.23. The molecule has 0 bridgehead atoms. The number of ether oxygens (including phenoxy) is 1. The van der Waals surface area contributed by atoms with E-state index < -0.39 is 5.97 Å². The fraction of sp³-hybridized carbons (Fsp3) is 0.278. The summed E-state index contributed by atoms with van der Waals surface area (Å²) in [5, 5.41) is 5.72. The number of hydrogen-bond donors (Lipinski definition) is 3. The fourth-order valence-electron chi connectivity index (χ4n) is 2.17. The Hall–Kier alpha value is -3.14. The minimum atomic E-state index is -0.594. The maximum absolute atomic E-state index is 12.2. The molecule has 0 radical (unpaired) electrons. The van der Waals surface area contributed by atoms with E-state index in [0.29, 0.717) is 11.4 Å². The largest absolute Gasteiger partial charge is 0.462 e. The maximum Gasteiger partial charge on any atom is 0.343 e. The van der Waals surface area contributed by atoms with Gasteiger partial charge in [-0.15, -0.1) is 0 Å². The predicted molar refractivity (Wildman–Crippen MR) is 107 cm³/mol. The minimum absolute atomic E-state index is 0.00443. The second-order valence-electron chi connectivity index (χ2n) is 5.72. The van der Waals surface area contributed by atoms with Crippen molar-refractivity contribution < 1.29 is 19.1 Å².